The number of sulfonamides is 1. The van der Waals surface area contributed by atoms with Crippen molar-refractivity contribution in [1.82, 2.24) is 0 Å². The van der Waals surface area contributed by atoms with Gasteiger partial charge >= 0.3 is 0 Å². The SMILES string of the molecule is COc1cc(NC(=O)c2ccccc2)c(C)cc1NS(=O)(=O)c1ccc(F)cc1Cl. The van der Waals surface area contributed by atoms with Crippen LogP contribution in [-0.2, 0) is 10.0 Å². The number of halogens is 2. The zero-order valence-corrected chi connectivity index (χ0v) is 17.6. The van der Waals surface area contributed by atoms with Gasteiger partial charge in [0.05, 0.1) is 17.8 Å². The van der Waals surface area contributed by atoms with Crippen LogP contribution in [0, 0.1) is 12.7 Å². The number of ether oxygens (including phenoxy) is 1. The van der Waals surface area contributed by atoms with Crippen molar-refractivity contribution in [3.63, 3.8) is 0 Å². The number of methoxy groups -OCH3 is 1. The highest BCUT2D eigenvalue weighted by Crippen LogP contribution is 2.34. The lowest BCUT2D eigenvalue weighted by Crippen LogP contribution is -2.16. The highest BCUT2D eigenvalue weighted by molar-refractivity contribution is 7.92. The van der Waals surface area contributed by atoms with Crippen LogP contribution in [-0.4, -0.2) is 21.4 Å². The number of aryl methyl sites for hydroxylation is 1. The van der Waals surface area contributed by atoms with Gasteiger partial charge in [-0.1, -0.05) is 29.8 Å². The summed E-state index contributed by atoms with van der Waals surface area (Å²) in [6.07, 6.45) is 0. The molecule has 3 aromatic rings. The number of amides is 1. The highest BCUT2D eigenvalue weighted by atomic mass is 35.5. The molecule has 0 radical (unpaired) electrons. The fourth-order valence-electron chi connectivity index (χ4n) is 2.75. The van der Waals surface area contributed by atoms with Crippen molar-refractivity contribution < 1.29 is 22.3 Å². The number of benzene rings is 3. The summed E-state index contributed by atoms with van der Waals surface area (Å²) in [5.74, 6) is -0.774. The topological polar surface area (TPSA) is 84.5 Å². The largest absolute Gasteiger partial charge is 0.494 e. The average molecular weight is 449 g/mol. The summed E-state index contributed by atoms with van der Waals surface area (Å²) in [5, 5.41) is 2.53. The predicted molar refractivity (Wildman–Crippen MR) is 114 cm³/mol. The molecule has 0 saturated carbocycles. The van der Waals surface area contributed by atoms with E-state index in [1.165, 1.54) is 19.2 Å². The van der Waals surface area contributed by atoms with Gasteiger partial charge in [0.15, 0.2) is 0 Å². The molecule has 0 atom stereocenters. The minimum Gasteiger partial charge on any atom is -0.494 e. The van der Waals surface area contributed by atoms with Crippen molar-refractivity contribution in [3.8, 4) is 5.75 Å². The Kier molecular flexibility index (Phi) is 6.28. The van der Waals surface area contributed by atoms with Gasteiger partial charge < -0.3 is 10.1 Å². The second-order valence-corrected chi connectivity index (χ2v) is 8.43. The van der Waals surface area contributed by atoms with Crippen molar-refractivity contribution in [1.29, 1.82) is 0 Å². The molecule has 1 amide bonds. The van der Waals surface area contributed by atoms with Crippen LogP contribution in [0.4, 0.5) is 15.8 Å². The molecule has 0 spiro atoms. The molecular formula is C21H18ClFN2O4S. The first-order valence-electron chi connectivity index (χ1n) is 8.74. The van der Waals surface area contributed by atoms with Crippen molar-refractivity contribution >= 4 is 38.9 Å². The molecule has 0 aliphatic heterocycles. The van der Waals surface area contributed by atoms with E-state index < -0.39 is 15.8 Å². The van der Waals surface area contributed by atoms with Crippen LogP contribution >= 0.6 is 11.6 Å². The van der Waals surface area contributed by atoms with E-state index in [0.29, 0.717) is 16.8 Å². The number of hydrogen-bond donors (Lipinski definition) is 2. The maximum Gasteiger partial charge on any atom is 0.263 e. The van der Waals surface area contributed by atoms with E-state index >= 15 is 0 Å². The van der Waals surface area contributed by atoms with Gasteiger partial charge in [-0.25, -0.2) is 12.8 Å². The first-order chi connectivity index (χ1) is 14.2. The average Bonchev–Trinajstić information content (AvgIpc) is 2.70. The van der Waals surface area contributed by atoms with Gasteiger partial charge in [-0.15, -0.1) is 0 Å². The van der Waals surface area contributed by atoms with E-state index in [4.69, 9.17) is 16.3 Å². The lowest BCUT2D eigenvalue weighted by Gasteiger charge is -2.16. The first kappa shape index (κ1) is 21.6. The highest BCUT2D eigenvalue weighted by Gasteiger charge is 2.21. The minimum absolute atomic E-state index is 0.146. The summed E-state index contributed by atoms with van der Waals surface area (Å²) in [5.41, 5.74) is 1.69. The third-order valence-electron chi connectivity index (χ3n) is 4.26. The van der Waals surface area contributed by atoms with E-state index in [9.17, 15) is 17.6 Å². The van der Waals surface area contributed by atoms with Gasteiger partial charge in [-0.05, 0) is 48.9 Å². The summed E-state index contributed by atoms with van der Waals surface area (Å²) in [7, 11) is -2.73. The smallest absolute Gasteiger partial charge is 0.263 e. The minimum atomic E-state index is -4.10. The second kappa shape index (κ2) is 8.73. The second-order valence-electron chi connectivity index (χ2n) is 6.37. The van der Waals surface area contributed by atoms with Crippen LogP contribution in [0.1, 0.15) is 15.9 Å². The van der Waals surface area contributed by atoms with Crippen LogP contribution in [0.25, 0.3) is 0 Å². The van der Waals surface area contributed by atoms with Crippen LogP contribution in [0.2, 0.25) is 5.02 Å². The summed E-state index contributed by atoms with van der Waals surface area (Å²) < 4.78 is 46.4. The van der Waals surface area contributed by atoms with Gasteiger partial charge in [0.2, 0.25) is 0 Å². The zero-order chi connectivity index (χ0) is 21.9. The van der Waals surface area contributed by atoms with Crippen molar-refractivity contribution in [2.45, 2.75) is 11.8 Å². The third kappa shape index (κ3) is 4.72. The molecule has 0 aliphatic rings. The Morgan fingerprint density at radius 2 is 1.73 bits per heavy atom. The molecule has 156 valence electrons. The third-order valence-corrected chi connectivity index (χ3v) is 6.11. The molecule has 6 nitrogen and oxygen atoms in total. The molecule has 0 unspecified atom stereocenters. The van der Waals surface area contributed by atoms with Crippen molar-refractivity contribution in [2.75, 3.05) is 17.1 Å². The molecule has 3 rings (SSSR count). The summed E-state index contributed by atoms with van der Waals surface area (Å²) in [6.45, 7) is 1.71. The molecule has 3 aromatic carbocycles. The molecular weight excluding hydrogens is 431 g/mol. The van der Waals surface area contributed by atoms with Crippen molar-refractivity contribution in [3.05, 3.63) is 82.6 Å². The van der Waals surface area contributed by atoms with E-state index in [1.54, 1.807) is 37.3 Å². The van der Waals surface area contributed by atoms with Crippen LogP contribution in [0.3, 0.4) is 0 Å². The Morgan fingerprint density at radius 1 is 1.03 bits per heavy atom. The zero-order valence-electron chi connectivity index (χ0n) is 16.1. The van der Waals surface area contributed by atoms with E-state index in [2.05, 4.69) is 10.0 Å². The normalized spacial score (nSPS) is 11.1. The number of hydrogen-bond acceptors (Lipinski definition) is 4. The lowest BCUT2D eigenvalue weighted by molar-refractivity contribution is 0.102. The molecule has 0 aromatic heterocycles. The Hall–Kier alpha value is -3.10. The molecule has 30 heavy (non-hydrogen) atoms. The van der Waals surface area contributed by atoms with E-state index in [-0.39, 0.29) is 27.3 Å². The molecule has 9 heteroatoms. The first-order valence-corrected chi connectivity index (χ1v) is 10.6. The summed E-state index contributed by atoms with van der Waals surface area (Å²) >= 11 is 5.89. The molecule has 2 N–H and O–H groups in total. The Morgan fingerprint density at radius 3 is 2.37 bits per heavy atom. The number of anilines is 2. The Labute approximate surface area is 178 Å². The molecule has 0 heterocycles. The van der Waals surface area contributed by atoms with E-state index in [1.807, 2.05) is 0 Å². The van der Waals surface area contributed by atoms with Crippen molar-refractivity contribution in [2.24, 2.45) is 0 Å². The van der Waals surface area contributed by atoms with Gasteiger partial charge in [-0.3, -0.25) is 9.52 Å². The maximum absolute atomic E-state index is 13.3. The summed E-state index contributed by atoms with van der Waals surface area (Å²) in [6, 6.07) is 14.7. The fraction of sp³-hybridized carbons (Fsp3) is 0.0952. The number of rotatable bonds is 6. The van der Waals surface area contributed by atoms with Crippen LogP contribution < -0.4 is 14.8 Å². The molecule has 0 aliphatic carbocycles. The molecule has 0 bridgehead atoms. The molecule has 0 saturated heterocycles. The number of nitrogens with one attached hydrogen (secondary N) is 2. The Bertz CT molecular complexity index is 1200. The van der Waals surface area contributed by atoms with Gasteiger partial charge in [0.1, 0.15) is 16.5 Å². The predicted octanol–water partition coefficient (Wildman–Crippen LogP) is 4.85. The van der Waals surface area contributed by atoms with E-state index in [0.717, 1.165) is 18.2 Å². The van der Waals surface area contributed by atoms with Crippen LogP contribution in [0.15, 0.2) is 65.6 Å². The monoisotopic (exact) mass is 448 g/mol. The fourth-order valence-corrected chi connectivity index (χ4v) is 4.34. The van der Waals surface area contributed by atoms with Gasteiger partial charge in [0.25, 0.3) is 15.9 Å². The van der Waals surface area contributed by atoms with Gasteiger partial charge in [-0.2, -0.15) is 0 Å². The lowest BCUT2D eigenvalue weighted by atomic mass is 10.1. The quantitative estimate of drug-likeness (QED) is 0.564. The summed E-state index contributed by atoms with van der Waals surface area (Å²) in [4.78, 5) is 12.1. The number of carbonyl (C=O) groups excluding carboxylic acids is 1. The van der Waals surface area contributed by atoms with Crippen LogP contribution in [0.5, 0.6) is 5.75 Å². The maximum atomic E-state index is 13.3. The standard InChI is InChI=1S/C21H18ClFN2O4S/c1-13-10-18(25-30(27,28)20-9-8-15(23)11-16(20)22)19(29-2)12-17(13)24-21(26)14-6-4-3-5-7-14/h3-12,25H,1-2H3,(H,24,26). The Balaban J connectivity index is 1.91. The molecule has 0 fully saturated rings. The number of carbonyl (C=O) groups is 1. The van der Waals surface area contributed by atoms with Gasteiger partial charge in [0, 0.05) is 17.3 Å².